The van der Waals surface area contributed by atoms with Gasteiger partial charge in [0, 0.05) is 40.8 Å². The highest BCUT2D eigenvalue weighted by atomic mass is 32.2. The van der Waals surface area contributed by atoms with Gasteiger partial charge in [-0.25, -0.2) is 4.39 Å². The van der Waals surface area contributed by atoms with Crippen LogP contribution in [0, 0.1) is 17.2 Å². The summed E-state index contributed by atoms with van der Waals surface area (Å²) in [5, 5.41) is 19.1. The number of amides is 2. The van der Waals surface area contributed by atoms with Gasteiger partial charge in [0.2, 0.25) is 5.91 Å². The Morgan fingerprint density at radius 3 is 2.62 bits per heavy atom. The molecule has 32 heavy (non-hydrogen) atoms. The van der Waals surface area contributed by atoms with Crippen LogP contribution in [-0.4, -0.2) is 61.6 Å². The van der Waals surface area contributed by atoms with Crippen LogP contribution in [0.5, 0.6) is 0 Å². The van der Waals surface area contributed by atoms with E-state index >= 15 is 0 Å². The summed E-state index contributed by atoms with van der Waals surface area (Å²) in [4.78, 5) is 25.8. The van der Waals surface area contributed by atoms with Crippen molar-refractivity contribution in [2.24, 2.45) is 11.3 Å². The first-order valence-corrected chi connectivity index (χ1v) is 12.3. The van der Waals surface area contributed by atoms with E-state index in [0.717, 1.165) is 12.8 Å². The zero-order chi connectivity index (χ0) is 23.5. The number of para-hydroxylation sites is 1. The first kappa shape index (κ1) is 24.3. The third kappa shape index (κ3) is 5.53. The number of nitrogens with one attached hydrogen (secondary N) is 2. The van der Waals surface area contributed by atoms with E-state index in [1.807, 2.05) is 20.8 Å². The Bertz CT molecular complexity index is 1010. The minimum atomic E-state index is -0.872. The summed E-state index contributed by atoms with van der Waals surface area (Å²) in [6.45, 7) is 5.76. The number of rotatable bonds is 7. The molecule has 0 bridgehead atoms. The lowest BCUT2D eigenvalue weighted by Crippen LogP contribution is -2.54. The average molecular weight is 467 g/mol. The number of aliphatic hydroxyl groups excluding tert-OH is 1. The SMILES string of the molecule is CC(C)(C)C(NC(=O)c1nn(CC2CCS(=O)CC2)c2c(F)cccc12)C(=O)NCCO. The first-order valence-electron chi connectivity index (χ1n) is 10.8. The first-order chi connectivity index (χ1) is 15.1. The number of carbonyl (C=O) groups excluding carboxylic acids is 2. The molecule has 8 nitrogen and oxygen atoms in total. The van der Waals surface area contributed by atoms with Crippen molar-refractivity contribution in [2.75, 3.05) is 24.7 Å². The van der Waals surface area contributed by atoms with Crippen molar-refractivity contribution in [3.63, 3.8) is 0 Å². The molecule has 0 spiro atoms. The van der Waals surface area contributed by atoms with Crippen molar-refractivity contribution in [1.29, 1.82) is 0 Å². The smallest absolute Gasteiger partial charge is 0.273 e. The van der Waals surface area contributed by atoms with Gasteiger partial charge in [0.05, 0.1) is 6.61 Å². The molecule has 2 aromatic rings. The van der Waals surface area contributed by atoms with Crippen LogP contribution in [-0.2, 0) is 22.1 Å². The molecular formula is C22H31FN4O4S. The molecule has 10 heteroatoms. The van der Waals surface area contributed by atoms with Crippen LogP contribution < -0.4 is 10.6 Å². The average Bonchev–Trinajstić information content (AvgIpc) is 3.10. The highest BCUT2D eigenvalue weighted by molar-refractivity contribution is 7.85. The van der Waals surface area contributed by atoms with Crippen molar-refractivity contribution in [2.45, 2.75) is 46.2 Å². The fourth-order valence-corrected chi connectivity index (χ4v) is 5.32. The van der Waals surface area contributed by atoms with Gasteiger partial charge < -0.3 is 15.7 Å². The Labute approximate surface area is 189 Å². The molecule has 2 amide bonds. The predicted octanol–water partition coefficient (Wildman–Crippen LogP) is 1.59. The number of benzene rings is 1. The molecule has 1 atom stereocenters. The van der Waals surface area contributed by atoms with Crippen LogP contribution in [0.3, 0.4) is 0 Å². The Morgan fingerprint density at radius 2 is 2.00 bits per heavy atom. The van der Waals surface area contributed by atoms with Crippen molar-refractivity contribution in [3.8, 4) is 0 Å². The maximum atomic E-state index is 14.7. The third-order valence-electron chi connectivity index (χ3n) is 5.69. The fraction of sp³-hybridized carbons (Fsp3) is 0.591. The predicted molar refractivity (Wildman–Crippen MR) is 121 cm³/mol. The second-order valence-electron chi connectivity index (χ2n) is 9.25. The summed E-state index contributed by atoms with van der Waals surface area (Å²) in [5.74, 6) is -0.00109. The number of carbonyl (C=O) groups is 2. The normalized spacial score (nSPS) is 20.2. The zero-order valence-corrected chi connectivity index (χ0v) is 19.5. The molecule has 0 saturated carbocycles. The molecular weight excluding hydrogens is 435 g/mol. The van der Waals surface area contributed by atoms with E-state index in [9.17, 15) is 18.2 Å². The van der Waals surface area contributed by atoms with Gasteiger partial charge in [-0.15, -0.1) is 0 Å². The van der Waals surface area contributed by atoms with Crippen LogP contribution in [0.25, 0.3) is 10.9 Å². The number of aromatic nitrogens is 2. The number of hydrogen-bond acceptors (Lipinski definition) is 5. The van der Waals surface area contributed by atoms with Gasteiger partial charge in [0.1, 0.15) is 17.4 Å². The molecule has 1 aliphatic rings. The molecule has 0 aliphatic carbocycles. The Kier molecular flexibility index (Phi) is 7.66. The standard InChI is InChI=1S/C22H31FN4O4S/c1-22(2,3)19(21(30)24-9-10-28)25-20(29)17-15-5-4-6-16(23)18(15)27(26-17)13-14-7-11-32(31)12-8-14/h4-6,14,19,28H,7-13H2,1-3H3,(H,24,30)(H,25,29). The fourth-order valence-electron chi connectivity index (χ4n) is 3.92. The van der Waals surface area contributed by atoms with E-state index in [4.69, 9.17) is 5.11 Å². The van der Waals surface area contributed by atoms with Crippen LogP contribution in [0.1, 0.15) is 44.1 Å². The van der Waals surface area contributed by atoms with E-state index in [2.05, 4.69) is 15.7 Å². The largest absolute Gasteiger partial charge is 0.395 e. The lowest BCUT2D eigenvalue weighted by molar-refractivity contribution is -0.125. The molecule has 1 fully saturated rings. The summed E-state index contributed by atoms with van der Waals surface area (Å²) < 4.78 is 27.9. The van der Waals surface area contributed by atoms with Crippen LogP contribution >= 0.6 is 0 Å². The lowest BCUT2D eigenvalue weighted by atomic mass is 9.86. The number of halogens is 1. The Hall–Kier alpha value is -2.33. The molecule has 2 heterocycles. The quantitative estimate of drug-likeness (QED) is 0.574. The Balaban J connectivity index is 1.90. The molecule has 3 rings (SSSR count). The summed E-state index contributed by atoms with van der Waals surface area (Å²) >= 11 is 0. The number of fused-ring (bicyclic) bond motifs is 1. The maximum absolute atomic E-state index is 14.7. The van der Waals surface area contributed by atoms with Gasteiger partial charge in [0.15, 0.2) is 5.69 Å². The molecule has 1 aromatic heterocycles. The van der Waals surface area contributed by atoms with E-state index < -0.39 is 39.9 Å². The maximum Gasteiger partial charge on any atom is 0.273 e. The second kappa shape index (κ2) is 10.1. The summed E-state index contributed by atoms with van der Waals surface area (Å²) in [5.41, 5.74) is -0.291. The van der Waals surface area contributed by atoms with Crippen molar-refractivity contribution >= 4 is 33.5 Å². The summed E-state index contributed by atoms with van der Waals surface area (Å²) in [7, 11) is -0.796. The molecule has 1 saturated heterocycles. The highest BCUT2D eigenvalue weighted by Gasteiger charge is 2.34. The van der Waals surface area contributed by atoms with Crippen molar-refractivity contribution in [1.82, 2.24) is 20.4 Å². The minimum Gasteiger partial charge on any atom is -0.395 e. The van der Waals surface area contributed by atoms with Gasteiger partial charge in [-0.1, -0.05) is 32.9 Å². The molecule has 1 aliphatic heterocycles. The van der Waals surface area contributed by atoms with E-state index in [-0.39, 0.29) is 30.3 Å². The minimum absolute atomic E-state index is 0.0584. The Morgan fingerprint density at radius 1 is 1.31 bits per heavy atom. The van der Waals surface area contributed by atoms with E-state index in [0.29, 0.717) is 23.4 Å². The molecule has 3 N–H and O–H groups in total. The molecule has 1 unspecified atom stereocenters. The summed E-state index contributed by atoms with van der Waals surface area (Å²) in [6.07, 6.45) is 1.53. The molecule has 176 valence electrons. The van der Waals surface area contributed by atoms with Gasteiger partial charge >= 0.3 is 0 Å². The van der Waals surface area contributed by atoms with Gasteiger partial charge in [-0.05, 0) is 30.2 Å². The monoisotopic (exact) mass is 466 g/mol. The highest BCUT2D eigenvalue weighted by Crippen LogP contribution is 2.26. The lowest BCUT2D eigenvalue weighted by Gasteiger charge is -2.30. The number of aliphatic hydroxyl groups is 1. The molecule has 0 radical (unpaired) electrons. The van der Waals surface area contributed by atoms with Crippen LogP contribution in [0.4, 0.5) is 4.39 Å². The molecule has 1 aromatic carbocycles. The van der Waals surface area contributed by atoms with Gasteiger partial charge in [0.25, 0.3) is 5.91 Å². The van der Waals surface area contributed by atoms with E-state index in [1.54, 1.807) is 6.07 Å². The second-order valence-corrected chi connectivity index (χ2v) is 10.9. The van der Waals surface area contributed by atoms with Gasteiger partial charge in [-0.2, -0.15) is 5.10 Å². The number of hydrogen-bond donors (Lipinski definition) is 3. The number of nitrogens with zero attached hydrogens (tertiary/aromatic N) is 2. The van der Waals surface area contributed by atoms with Crippen LogP contribution in [0.15, 0.2) is 18.2 Å². The summed E-state index contributed by atoms with van der Waals surface area (Å²) in [6, 6.07) is 3.63. The topological polar surface area (TPSA) is 113 Å². The third-order valence-corrected chi connectivity index (χ3v) is 7.07. The van der Waals surface area contributed by atoms with E-state index in [1.165, 1.54) is 16.8 Å². The van der Waals surface area contributed by atoms with Gasteiger partial charge in [-0.3, -0.25) is 18.5 Å². The van der Waals surface area contributed by atoms with Crippen LogP contribution in [0.2, 0.25) is 0 Å². The zero-order valence-electron chi connectivity index (χ0n) is 18.7. The van der Waals surface area contributed by atoms with Crippen molar-refractivity contribution in [3.05, 3.63) is 29.7 Å². The van der Waals surface area contributed by atoms with Crippen molar-refractivity contribution < 1.29 is 23.3 Å².